The largest absolute Gasteiger partial charge is 0.344 e. The molecule has 2 fully saturated rings. The van der Waals surface area contributed by atoms with Gasteiger partial charge in [-0.2, -0.15) is 0 Å². The number of hydrogen-bond acceptors (Lipinski definition) is 6. The Morgan fingerprint density at radius 3 is 2.31 bits per heavy atom. The van der Waals surface area contributed by atoms with Gasteiger partial charge in [-0.05, 0) is 56.0 Å². The van der Waals surface area contributed by atoms with Gasteiger partial charge in [-0.3, -0.25) is 9.59 Å². The molecule has 0 radical (unpaired) electrons. The van der Waals surface area contributed by atoms with Crippen LogP contribution in [0.15, 0.2) is 48.5 Å². The smallest absolute Gasteiger partial charge is 0.245 e. The highest BCUT2D eigenvalue weighted by Crippen LogP contribution is 2.23. The Labute approximate surface area is 257 Å². The van der Waals surface area contributed by atoms with Gasteiger partial charge in [0.15, 0.2) is 0 Å². The lowest BCUT2D eigenvalue weighted by Gasteiger charge is -2.47. The minimum atomic E-state index is -0.663. The molecule has 2 aliphatic heterocycles. The topological polar surface area (TPSA) is 85.1 Å². The van der Waals surface area contributed by atoms with E-state index >= 15 is 0 Å². The van der Waals surface area contributed by atoms with Gasteiger partial charge in [0.1, 0.15) is 6.04 Å². The number of nitrogens with one attached hydrogen (secondary N) is 1. The van der Waals surface area contributed by atoms with Crippen LogP contribution >= 0.6 is 11.6 Å². The highest BCUT2D eigenvalue weighted by molar-refractivity contribution is 6.30. The Bertz CT molecular complexity index is 1160. The normalized spacial score (nSPS) is 18.8. The van der Waals surface area contributed by atoms with Crippen molar-refractivity contribution in [3.05, 3.63) is 70.2 Å². The third-order valence-electron chi connectivity index (χ3n) is 8.45. The Kier molecular flexibility index (Phi) is 11.8. The molecule has 2 aliphatic rings. The number of benzene rings is 2. The molecule has 2 atom stereocenters. The van der Waals surface area contributed by atoms with Gasteiger partial charge in [0.05, 0.1) is 0 Å². The van der Waals surface area contributed by atoms with Crippen LogP contribution in [0.5, 0.6) is 0 Å². The average Bonchev–Trinajstić information content (AvgIpc) is 2.97. The van der Waals surface area contributed by atoms with Gasteiger partial charge < -0.3 is 20.9 Å². The van der Waals surface area contributed by atoms with E-state index in [1.807, 2.05) is 60.4 Å². The number of nitrogens with zero attached hydrogens (tertiary/aromatic N) is 4. The Hall–Kier alpha value is -2.49. The molecule has 42 heavy (non-hydrogen) atoms. The van der Waals surface area contributed by atoms with Gasteiger partial charge in [-0.25, -0.2) is 10.0 Å². The zero-order valence-electron chi connectivity index (χ0n) is 25.8. The maximum Gasteiger partial charge on any atom is 0.245 e. The molecule has 0 saturated carbocycles. The Morgan fingerprint density at radius 1 is 1.02 bits per heavy atom. The maximum absolute atomic E-state index is 13.9. The summed E-state index contributed by atoms with van der Waals surface area (Å²) in [6.07, 6.45) is 2.36. The molecule has 3 N–H and O–H groups in total. The summed E-state index contributed by atoms with van der Waals surface area (Å²) >= 11 is 6.11. The summed E-state index contributed by atoms with van der Waals surface area (Å²) < 4.78 is 0. The molecule has 0 aliphatic carbocycles. The highest BCUT2D eigenvalue weighted by Gasteiger charge is 2.34. The molecule has 9 heteroatoms. The lowest BCUT2D eigenvalue weighted by Crippen LogP contribution is -2.60. The fourth-order valence-corrected chi connectivity index (χ4v) is 6.18. The second-order valence-corrected chi connectivity index (χ2v) is 12.9. The van der Waals surface area contributed by atoms with Crippen LogP contribution in [-0.2, 0) is 16.0 Å². The number of likely N-dealkylation sites (tertiary alicyclic amines) is 1. The minimum absolute atomic E-state index is 0.0316. The third-order valence-corrected chi connectivity index (χ3v) is 8.71. The molecule has 0 spiro atoms. The molecule has 4 rings (SSSR count). The average molecular weight is 597 g/mol. The number of hydrogen-bond donors (Lipinski definition) is 2. The quantitative estimate of drug-likeness (QED) is 0.410. The van der Waals surface area contributed by atoms with E-state index in [1.165, 1.54) is 0 Å². The van der Waals surface area contributed by atoms with Gasteiger partial charge in [0.2, 0.25) is 11.8 Å². The molecular weight excluding hydrogens is 548 g/mol. The van der Waals surface area contributed by atoms with Crippen molar-refractivity contribution in [3.8, 4) is 0 Å². The Balaban J connectivity index is 1.41. The van der Waals surface area contributed by atoms with Gasteiger partial charge >= 0.3 is 0 Å². The fourth-order valence-electron chi connectivity index (χ4n) is 6.05. The van der Waals surface area contributed by atoms with Crippen LogP contribution < -0.4 is 11.1 Å². The first kappa shape index (κ1) is 32.4. The summed E-state index contributed by atoms with van der Waals surface area (Å²) in [4.78, 5) is 31.4. The van der Waals surface area contributed by atoms with Crippen LogP contribution in [0.4, 0.5) is 0 Å². The maximum atomic E-state index is 13.9. The number of carbonyl (C=O) groups is 2. The molecule has 8 nitrogen and oxygen atoms in total. The number of halogens is 1. The third kappa shape index (κ3) is 9.25. The standard InChI is InChI=1S/C33H49ClN6O2/c1-24(2)23-40(39-18-16-37(4)17-19-39)29-12-14-38(15-13-29)33(42)31(21-26-8-10-28(34)11-9-26)36-32(41)22-30(35)27-7-5-6-25(3)20-27/h5-11,20,24,29-31H,12-19,21-23,35H2,1-4H3,(H,36,41). The van der Waals surface area contributed by atoms with E-state index in [1.54, 1.807) is 0 Å². The van der Waals surface area contributed by atoms with E-state index in [9.17, 15) is 9.59 Å². The second-order valence-electron chi connectivity index (χ2n) is 12.5. The Morgan fingerprint density at radius 2 is 1.69 bits per heavy atom. The van der Waals surface area contributed by atoms with E-state index in [0.717, 1.165) is 62.3 Å². The molecule has 2 aromatic rings. The van der Waals surface area contributed by atoms with Crippen molar-refractivity contribution in [2.45, 2.75) is 64.6 Å². The number of carbonyl (C=O) groups excluding carboxylic acids is 2. The number of piperidine rings is 1. The van der Waals surface area contributed by atoms with Crippen LogP contribution in [-0.4, -0.2) is 96.6 Å². The second kappa shape index (κ2) is 15.3. The van der Waals surface area contributed by atoms with Crippen molar-refractivity contribution in [2.24, 2.45) is 11.7 Å². The molecule has 2 heterocycles. The van der Waals surface area contributed by atoms with E-state index in [0.29, 0.717) is 36.5 Å². The SMILES string of the molecule is Cc1cccc(C(N)CC(=O)NC(Cc2ccc(Cl)cc2)C(=O)N2CCC(N(CC(C)C)N3CCN(C)CC3)CC2)c1. The number of rotatable bonds is 11. The molecule has 2 amide bonds. The number of nitrogens with two attached hydrogens (primary N) is 1. The van der Waals surface area contributed by atoms with Gasteiger partial charge in [0.25, 0.3) is 0 Å². The van der Waals surface area contributed by atoms with E-state index in [4.69, 9.17) is 17.3 Å². The summed E-state index contributed by atoms with van der Waals surface area (Å²) in [5.74, 6) is 0.315. The van der Waals surface area contributed by atoms with Crippen molar-refractivity contribution in [1.29, 1.82) is 0 Å². The first-order valence-electron chi connectivity index (χ1n) is 15.4. The molecule has 2 unspecified atom stereocenters. The lowest BCUT2D eigenvalue weighted by molar-refractivity contribution is -0.140. The zero-order valence-corrected chi connectivity index (χ0v) is 26.5. The number of aryl methyl sites for hydroxylation is 1. The van der Waals surface area contributed by atoms with Crippen LogP contribution in [0.25, 0.3) is 0 Å². The van der Waals surface area contributed by atoms with Crippen molar-refractivity contribution in [2.75, 3.05) is 52.9 Å². The molecule has 230 valence electrons. The van der Waals surface area contributed by atoms with Crippen LogP contribution in [0.3, 0.4) is 0 Å². The first-order valence-corrected chi connectivity index (χ1v) is 15.8. The number of hydrazine groups is 1. The van der Waals surface area contributed by atoms with Crippen LogP contribution in [0.1, 0.15) is 55.8 Å². The van der Waals surface area contributed by atoms with Crippen molar-refractivity contribution < 1.29 is 9.59 Å². The van der Waals surface area contributed by atoms with Crippen LogP contribution in [0, 0.1) is 12.8 Å². The van der Waals surface area contributed by atoms with Crippen molar-refractivity contribution in [1.82, 2.24) is 25.1 Å². The van der Waals surface area contributed by atoms with E-state index < -0.39 is 12.1 Å². The van der Waals surface area contributed by atoms with E-state index in [-0.39, 0.29) is 18.2 Å². The summed E-state index contributed by atoms with van der Waals surface area (Å²) in [6, 6.07) is 14.7. The molecule has 0 aromatic heterocycles. The van der Waals surface area contributed by atoms with Crippen LogP contribution in [0.2, 0.25) is 5.02 Å². The summed E-state index contributed by atoms with van der Waals surface area (Å²) in [5, 5.41) is 8.80. The molecule has 2 aromatic carbocycles. The zero-order chi connectivity index (χ0) is 30.2. The lowest BCUT2D eigenvalue weighted by atomic mass is 9.99. The number of amides is 2. The van der Waals surface area contributed by atoms with Gasteiger partial charge in [-0.1, -0.05) is 67.4 Å². The molecular formula is C33H49ClN6O2. The highest BCUT2D eigenvalue weighted by atomic mass is 35.5. The van der Waals surface area contributed by atoms with E-state index in [2.05, 4.69) is 41.1 Å². The number of likely N-dealkylation sites (N-methyl/N-ethyl adjacent to an activating group) is 1. The van der Waals surface area contributed by atoms with Crippen molar-refractivity contribution in [3.63, 3.8) is 0 Å². The van der Waals surface area contributed by atoms with Gasteiger partial charge in [0, 0.05) is 75.8 Å². The summed E-state index contributed by atoms with van der Waals surface area (Å²) in [7, 11) is 2.18. The predicted molar refractivity (Wildman–Crippen MR) is 170 cm³/mol. The number of piperazine rings is 1. The van der Waals surface area contributed by atoms with Gasteiger partial charge in [-0.15, -0.1) is 0 Å². The summed E-state index contributed by atoms with van der Waals surface area (Å²) in [5.41, 5.74) is 9.36. The van der Waals surface area contributed by atoms with Crippen molar-refractivity contribution >= 4 is 23.4 Å². The molecule has 0 bridgehead atoms. The monoisotopic (exact) mass is 596 g/mol. The first-order chi connectivity index (χ1) is 20.1. The molecule has 2 saturated heterocycles. The summed E-state index contributed by atoms with van der Waals surface area (Å²) in [6.45, 7) is 13.2. The fraction of sp³-hybridized carbons (Fsp3) is 0.576. The minimum Gasteiger partial charge on any atom is -0.344 e. The predicted octanol–water partition coefficient (Wildman–Crippen LogP) is 3.88.